The van der Waals surface area contributed by atoms with Crippen molar-refractivity contribution >= 4 is 11.6 Å². The smallest absolute Gasteiger partial charge is 0.132 e. The Kier molecular flexibility index (Phi) is 3.90. The second-order valence-electron chi connectivity index (χ2n) is 4.34. The van der Waals surface area contributed by atoms with Crippen molar-refractivity contribution in [3.05, 3.63) is 58.6 Å². The lowest BCUT2D eigenvalue weighted by molar-refractivity contribution is 0.468. The zero-order valence-electron chi connectivity index (χ0n) is 10.5. The van der Waals surface area contributed by atoms with E-state index >= 15 is 0 Å². The van der Waals surface area contributed by atoms with Gasteiger partial charge in [-0.3, -0.25) is 0 Å². The van der Waals surface area contributed by atoms with E-state index in [0.717, 1.165) is 22.6 Å². The van der Waals surface area contributed by atoms with E-state index in [0.29, 0.717) is 5.02 Å². The Hall–Kier alpha value is -1.51. The third-order valence-corrected chi connectivity index (χ3v) is 3.00. The predicted octanol–water partition coefficient (Wildman–Crippen LogP) is 4.46. The Morgan fingerprint density at radius 3 is 2.50 bits per heavy atom. The van der Waals surface area contributed by atoms with Crippen molar-refractivity contribution in [2.45, 2.75) is 19.9 Å². The summed E-state index contributed by atoms with van der Waals surface area (Å²) in [5, 5.41) is 0.709. The number of ether oxygens (including phenoxy) is 1. The zero-order valence-corrected chi connectivity index (χ0v) is 11.2. The van der Waals surface area contributed by atoms with Crippen LogP contribution >= 0.6 is 11.6 Å². The van der Waals surface area contributed by atoms with Gasteiger partial charge in [-0.05, 0) is 43.7 Å². The molecule has 0 saturated carbocycles. The summed E-state index contributed by atoms with van der Waals surface area (Å²) < 4.78 is 5.92. The summed E-state index contributed by atoms with van der Waals surface area (Å²) in [7, 11) is 0. The van der Waals surface area contributed by atoms with Gasteiger partial charge in [-0.1, -0.05) is 29.8 Å². The van der Waals surface area contributed by atoms with Gasteiger partial charge in [0.1, 0.15) is 11.5 Å². The average Bonchev–Trinajstić information content (AvgIpc) is 2.33. The van der Waals surface area contributed by atoms with Crippen LogP contribution in [0.25, 0.3) is 0 Å². The highest BCUT2D eigenvalue weighted by molar-refractivity contribution is 6.30. The van der Waals surface area contributed by atoms with Crippen molar-refractivity contribution in [1.29, 1.82) is 0 Å². The summed E-state index contributed by atoms with van der Waals surface area (Å²) in [5.41, 5.74) is 7.92. The minimum Gasteiger partial charge on any atom is -0.457 e. The number of nitrogens with two attached hydrogens (primary N) is 1. The van der Waals surface area contributed by atoms with Gasteiger partial charge in [-0.2, -0.15) is 0 Å². The van der Waals surface area contributed by atoms with Crippen LogP contribution in [0.2, 0.25) is 5.02 Å². The van der Waals surface area contributed by atoms with Crippen LogP contribution in [0.1, 0.15) is 24.1 Å². The molecule has 0 amide bonds. The molecule has 1 atom stereocenters. The van der Waals surface area contributed by atoms with E-state index in [1.807, 2.05) is 56.3 Å². The molecular weight excluding hydrogens is 246 g/mol. The van der Waals surface area contributed by atoms with Crippen molar-refractivity contribution in [3.8, 4) is 11.5 Å². The molecule has 0 bridgehead atoms. The molecule has 0 unspecified atom stereocenters. The van der Waals surface area contributed by atoms with E-state index in [4.69, 9.17) is 22.1 Å². The molecule has 2 nitrogen and oxygen atoms in total. The van der Waals surface area contributed by atoms with Crippen LogP contribution in [0.5, 0.6) is 11.5 Å². The summed E-state index contributed by atoms with van der Waals surface area (Å²) >= 11 is 5.93. The first kappa shape index (κ1) is 12.9. The summed E-state index contributed by atoms with van der Waals surface area (Å²) in [6.45, 7) is 3.91. The van der Waals surface area contributed by atoms with Gasteiger partial charge in [0, 0.05) is 16.6 Å². The maximum absolute atomic E-state index is 5.93. The van der Waals surface area contributed by atoms with Crippen molar-refractivity contribution in [1.82, 2.24) is 0 Å². The fraction of sp³-hybridized carbons (Fsp3) is 0.200. The second-order valence-corrected chi connectivity index (χ2v) is 4.77. The molecule has 0 spiro atoms. The highest BCUT2D eigenvalue weighted by Crippen LogP contribution is 2.31. The lowest BCUT2D eigenvalue weighted by Crippen LogP contribution is -2.06. The lowest BCUT2D eigenvalue weighted by atomic mass is 10.1. The Bertz CT molecular complexity index is 552. The molecule has 0 aliphatic heterocycles. The maximum atomic E-state index is 5.93. The molecule has 2 rings (SSSR count). The average molecular weight is 262 g/mol. The highest BCUT2D eigenvalue weighted by atomic mass is 35.5. The van der Waals surface area contributed by atoms with Gasteiger partial charge in [0.05, 0.1) is 0 Å². The molecule has 0 aliphatic rings. The van der Waals surface area contributed by atoms with Gasteiger partial charge < -0.3 is 10.5 Å². The van der Waals surface area contributed by atoms with Crippen LogP contribution in [0.4, 0.5) is 0 Å². The van der Waals surface area contributed by atoms with Gasteiger partial charge in [0.15, 0.2) is 0 Å². The number of hydrogen-bond donors (Lipinski definition) is 1. The Morgan fingerprint density at radius 2 is 1.83 bits per heavy atom. The molecule has 2 aromatic rings. The van der Waals surface area contributed by atoms with Crippen LogP contribution in [0.15, 0.2) is 42.5 Å². The quantitative estimate of drug-likeness (QED) is 0.885. The predicted molar refractivity (Wildman–Crippen MR) is 75.3 cm³/mol. The third-order valence-electron chi connectivity index (χ3n) is 2.77. The Labute approximate surface area is 112 Å². The number of benzene rings is 2. The van der Waals surface area contributed by atoms with Crippen molar-refractivity contribution in [2.24, 2.45) is 5.73 Å². The Morgan fingerprint density at radius 1 is 1.11 bits per heavy atom. The molecule has 0 aromatic heterocycles. The first-order valence-electron chi connectivity index (χ1n) is 5.86. The number of rotatable bonds is 3. The van der Waals surface area contributed by atoms with Crippen LogP contribution in [0, 0.1) is 6.92 Å². The van der Waals surface area contributed by atoms with E-state index in [1.165, 1.54) is 0 Å². The van der Waals surface area contributed by atoms with Gasteiger partial charge in [-0.25, -0.2) is 0 Å². The summed E-state index contributed by atoms with van der Waals surface area (Å²) in [6, 6.07) is 13.3. The van der Waals surface area contributed by atoms with Crippen LogP contribution in [-0.2, 0) is 0 Å². The monoisotopic (exact) mass is 261 g/mol. The molecule has 0 aliphatic carbocycles. The first-order valence-corrected chi connectivity index (χ1v) is 6.24. The maximum Gasteiger partial charge on any atom is 0.132 e. The fourth-order valence-electron chi connectivity index (χ4n) is 1.80. The van der Waals surface area contributed by atoms with Gasteiger partial charge >= 0.3 is 0 Å². The normalized spacial score (nSPS) is 12.2. The summed E-state index contributed by atoms with van der Waals surface area (Å²) in [4.78, 5) is 0. The molecule has 0 radical (unpaired) electrons. The largest absolute Gasteiger partial charge is 0.457 e. The molecule has 3 heteroatoms. The van der Waals surface area contributed by atoms with E-state index in [2.05, 4.69) is 0 Å². The SMILES string of the molecule is Cc1cc(Cl)ccc1Oc1ccccc1[C@@H](C)N. The minimum absolute atomic E-state index is 0.0613. The van der Waals surface area contributed by atoms with E-state index in [9.17, 15) is 0 Å². The molecule has 18 heavy (non-hydrogen) atoms. The topological polar surface area (TPSA) is 35.2 Å². The fourth-order valence-corrected chi connectivity index (χ4v) is 2.02. The summed E-state index contributed by atoms with van der Waals surface area (Å²) in [6.07, 6.45) is 0. The van der Waals surface area contributed by atoms with Crippen LogP contribution in [0.3, 0.4) is 0 Å². The van der Waals surface area contributed by atoms with E-state index in [1.54, 1.807) is 0 Å². The third kappa shape index (κ3) is 2.84. The Balaban J connectivity index is 2.34. The number of aryl methyl sites for hydroxylation is 1. The van der Waals surface area contributed by atoms with E-state index < -0.39 is 0 Å². The molecule has 2 N–H and O–H groups in total. The van der Waals surface area contributed by atoms with E-state index in [-0.39, 0.29) is 6.04 Å². The number of hydrogen-bond acceptors (Lipinski definition) is 2. The van der Waals surface area contributed by atoms with Gasteiger partial charge in [0.2, 0.25) is 0 Å². The lowest BCUT2D eigenvalue weighted by Gasteiger charge is -2.14. The molecule has 0 saturated heterocycles. The molecule has 2 aromatic carbocycles. The first-order chi connectivity index (χ1) is 8.58. The minimum atomic E-state index is -0.0613. The number of halogens is 1. The molecule has 0 fully saturated rings. The van der Waals surface area contributed by atoms with Crippen LogP contribution < -0.4 is 10.5 Å². The van der Waals surface area contributed by atoms with Gasteiger partial charge in [-0.15, -0.1) is 0 Å². The standard InChI is InChI=1S/C15H16ClNO/c1-10-9-12(16)7-8-14(10)18-15-6-4-3-5-13(15)11(2)17/h3-9,11H,17H2,1-2H3/t11-/m1/s1. The van der Waals surface area contributed by atoms with Gasteiger partial charge in [0.25, 0.3) is 0 Å². The molecule has 94 valence electrons. The summed E-state index contributed by atoms with van der Waals surface area (Å²) in [5.74, 6) is 1.59. The number of para-hydroxylation sites is 1. The highest BCUT2D eigenvalue weighted by Gasteiger charge is 2.09. The zero-order chi connectivity index (χ0) is 13.1. The second kappa shape index (κ2) is 5.42. The van der Waals surface area contributed by atoms with Crippen molar-refractivity contribution in [2.75, 3.05) is 0 Å². The van der Waals surface area contributed by atoms with Crippen molar-refractivity contribution in [3.63, 3.8) is 0 Å². The van der Waals surface area contributed by atoms with Crippen molar-refractivity contribution < 1.29 is 4.74 Å². The molecule has 0 heterocycles. The molecular formula is C15H16ClNO. The van der Waals surface area contributed by atoms with Crippen LogP contribution in [-0.4, -0.2) is 0 Å².